The molecule has 1 aromatic carbocycles. The van der Waals surface area contributed by atoms with Gasteiger partial charge < -0.3 is 24.1 Å². The predicted molar refractivity (Wildman–Crippen MR) is 118 cm³/mol. The third-order valence-corrected chi connectivity index (χ3v) is 6.87. The van der Waals surface area contributed by atoms with E-state index >= 15 is 0 Å². The number of ether oxygens (including phenoxy) is 1. The van der Waals surface area contributed by atoms with Crippen LogP contribution in [0.4, 0.5) is 0 Å². The molecule has 9 nitrogen and oxygen atoms in total. The highest BCUT2D eigenvalue weighted by Gasteiger charge is 2.58. The molecule has 2 aliphatic rings. The third kappa shape index (κ3) is 3.14. The van der Waals surface area contributed by atoms with Crippen LogP contribution in [0, 0.1) is 11.3 Å². The highest BCUT2D eigenvalue weighted by molar-refractivity contribution is 5.98. The van der Waals surface area contributed by atoms with Crippen molar-refractivity contribution in [1.29, 1.82) is 0 Å². The Bertz CT molecular complexity index is 1190. The number of rotatable bonds is 4. The second-order valence-corrected chi connectivity index (χ2v) is 9.39. The Labute approximate surface area is 186 Å². The summed E-state index contributed by atoms with van der Waals surface area (Å²) in [4.78, 5) is 33.0. The summed E-state index contributed by atoms with van der Waals surface area (Å²) in [6.45, 7) is 6.26. The topological polar surface area (TPSA) is 96.3 Å². The van der Waals surface area contributed by atoms with Gasteiger partial charge in [-0.15, -0.1) is 10.2 Å². The highest BCUT2D eigenvalue weighted by atomic mass is 16.5. The molecule has 3 aromatic rings. The molecule has 0 radical (unpaired) electrons. The number of methoxy groups -OCH3 is 1. The first-order valence-electron chi connectivity index (χ1n) is 10.9. The van der Waals surface area contributed by atoms with Gasteiger partial charge in [-0.05, 0) is 18.2 Å². The van der Waals surface area contributed by atoms with Crippen molar-refractivity contribution in [1.82, 2.24) is 29.5 Å². The van der Waals surface area contributed by atoms with Gasteiger partial charge in [0, 0.05) is 67.4 Å². The Balaban J connectivity index is 1.38. The number of carbonyl (C=O) groups is 2. The number of fused-ring (bicyclic) bond motifs is 1. The first kappa shape index (κ1) is 20.5. The molecule has 0 bridgehead atoms. The number of hydrogen-bond donors (Lipinski definition) is 1. The van der Waals surface area contributed by atoms with Crippen LogP contribution in [0.25, 0.3) is 10.9 Å². The van der Waals surface area contributed by atoms with Gasteiger partial charge in [0.15, 0.2) is 0 Å². The summed E-state index contributed by atoms with van der Waals surface area (Å²) in [5.74, 6) is 1.71. The van der Waals surface area contributed by atoms with Crippen molar-refractivity contribution in [2.24, 2.45) is 18.4 Å². The Hall–Kier alpha value is -3.36. The summed E-state index contributed by atoms with van der Waals surface area (Å²) in [6.07, 6.45) is 1.69. The van der Waals surface area contributed by atoms with Crippen molar-refractivity contribution in [3.05, 3.63) is 42.1 Å². The molecule has 2 fully saturated rings. The van der Waals surface area contributed by atoms with E-state index < -0.39 is 0 Å². The van der Waals surface area contributed by atoms with Crippen molar-refractivity contribution < 1.29 is 14.3 Å². The van der Waals surface area contributed by atoms with Crippen LogP contribution < -0.4 is 4.74 Å². The summed E-state index contributed by atoms with van der Waals surface area (Å²) < 4.78 is 7.20. The van der Waals surface area contributed by atoms with Gasteiger partial charge >= 0.3 is 0 Å². The van der Waals surface area contributed by atoms with Crippen LogP contribution in [-0.4, -0.2) is 74.7 Å². The van der Waals surface area contributed by atoms with Gasteiger partial charge in [-0.25, -0.2) is 0 Å². The lowest BCUT2D eigenvalue weighted by molar-refractivity contribution is -0.134. The lowest BCUT2D eigenvalue weighted by Crippen LogP contribution is -2.62. The largest absolute Gasteiger partial charge is 0.497 e. The molecule has 1 spiro atoms. The molecule has 32 heavy (non-hydrogen) atoms. The molecule has 1 N–H and O–H groups in total. The van der Waals surface area contributed by atoms with Gasteiger partial charge in [0.25, 0.3) is 5.91 Å². The number of aromatic amines is 1. The third-order valence-electron chi connectivity index (χ3n) is 6.87. The van der Waals surface area contributed by atoms with Gasteiger partial charge in [0.2, 0.25) is 5.91 Å². The number of aromatic nitrogens is 4. The average Bonchev–Trinajstić information content (AvgIpc) is 3.46. The number of hydrogen-bond acceptors (Lipinski definition) is 5. The molecular formula is C23H28N6O3. The Morgan fingerprint density at radius 1 is 1.19 bits per heavy atom. The Morgan fingerprint density at radius 2 is 1.94 bits per heavy atom. The maximum Gasteiger partial charge on any atom is 0.270 e. The SMILES string of the molecule is COc1ccc2cc(C(=O)N3CC4(C3)CN(C(=O)C(C)C)CC4c3nncn3C)[nH]c2c1. The number of likely N-dealkylation sites (tertiary alicyclic amines) is 2. The molecule has 9 heteroatoms. The number of aryl methyl sites for hydroxylation is 1. The van der Waals surface area contributed by atoms with Gasteiger partial charge in [-0.3, -0.25) is 9.59 Å². The van der Waals surface area contributed by atoms with E-state index in [4.69, 9.17) is 4.74 Å². The van der Waals surface area contributed by atoms with E-state index in [9.17, 15) is 9.59 Å². The second-order valence-electron chi connectivity index (χ2n) is 9.39. The summed E-state index contributed by atoms with van der Waals surface area (Å²) in [5.41, 5.74) is 1.23. The number of nitrogens with one attached hydrogen (secondary N) is 1. The van der Waals surface area contributed by atoms with Crippen molar-refractivity contribution in [3.8, 4) is 5.75 Å². The molecule has 4 heterocycles. The van der Waals surface area contributed by atoms with Gasteiger partial charge in [0.05, 0.1) is 7.11 Å². The van der Waals surface area contributed by atoms with Crippen LogP contribution in [-0.2, 0) is 11.8 Å². The summed E-state index contributed by atoms with van der Waals surface area (Å²) in [6, 6.07) is 7.59. The van der Waals surface area contributed by atoms with Crippen molar-refractivity contribution in [2.45, 2.75) is 19.8 Å². The molecule has 2 saturated heterocycles. The monoisotopic (exact) mass is 436 g/mol. The van der Waals surface area contributed by atoms with Gasteiger partial charge in [-0.2, -0.15) is 0 Å². The van der Waals surface area contributed by atoms with E-state index in [0.29, 0.717) is 31.9 Å². The fourth-order valence-corrected chi connectivity index (χ4v) is 5.16. The van der Waals surface area contributed by atoms with Crippen LogP contribution in [0.2, 0.25) is 0 Å². The van der Waals surface area contributed by atoms with E-state index in [2.05, 4.69) is 15.2 Å². The fourth-order valence-electron chi connectivity index (χ4n) is 5.16. The van der Waals surface area contributed by atoms with Crippen molar-refractivity contribution in [3.63, 3.8) is 0 Å². The molecule has 5 rings (SSSR count). The quantitative estimate of drug-likeness (QED) is 0.675. The van der Waals surface area contributed by atoms with Gasteiger partial charge in [-0.1, -0.05) is 13.8 Å². The van der Waals surface area contributed by atoms with E-state index in [1.165, 1.54) is 0 Å². The summed E-state index contributed by atoms with van der Waals surface area (Å²) >= 11 is 0. The molecule has 2 aliphatic heterocycles. The normalized spacial score (nSPS) is 19.7. The van der Waals surface area contributed by atoms with Gasteiger partial charge in [0.1, 0.15) is 23.6 Å². The summed E-state index contributed by atoms with van der Waals surface area (Å²) in [7, 11) is 3.55. The molecule has 168 valence electrons. The lowest BCUT2D eigenvalue weighted by Gasteiger charge is -2.50. The van der Waals surface area contributed by atoms with Crippen LogP contribution in [0.5, 0.6) is 5.75 Å². The highest BCUT2D eigenvalue weighted by Crippen LogP contribution is 2.49. The lowest BCUT2D eigenvalue weighted by atomic mass is 9.71. The van der Waals surface area contributed by atoms with E-state index in [1.807, 2.05) is 59.5 Å². The van der Waals surface area contributed by atoms with Crippen LogP contribution in [0.3, 0.4) is 0 Å². The minimum atomic E-state index is -0.198. The Morgan fingerprint density at radius 3 is 2.59 bits per heavy atom. The first-order chi connectivity index (χ1) is 15.3. The maximum atomic E-state index is 13.2. The second kappa shape index (κ2) is 7.36. The molecule has 1 atom stereocenters. The number of nitrogens with zero attached hydrogens (tertiary/aromatic N) is 5. The van der Waals surface area contributed by atoms with Crippen LogP contribution in [0.1, 0.15) is 36.1 Å². The molecule has 0 saturated carbocycles. The van der Waals surface area contributed by atoms with Crippen molar-refractivity contribution >= 4 is 22.7 Å². The molecular weight excluding hydrogens is 408 g/mol. The van der Waals surface area contributed by atoms with E-state index in [0.717, 1.165) is 22.5 Å². The minimum Gasteiger partial charge on any atom is -0.497 e. The zero-order valence-corrected chi connectivity index (χ0v) is 18.8. The Kier molecular flexibility index (Phi) is 4.72. The van der Waals surface area contributed by atoms with Crippen molar-refractivity contribution in [2.75, 3.05) is 33.3 Å². The zero-order chi connectivity index (χ0) is 22.6. The number of amides is 2. The maximum absolute atomic E-state index is 13.2. The number of carbonyl (C=O) groups excluding carboxylic acids is 2. The molecule has 1 unspecified atom stereocenters. The predicted octanol–water partition coefficient (Wildman–Crippen LogP) is 2.03. The van der Waals surface area contributed by atoms with Crippen LogP contribution in [0.15, 0.2) is 30.6 Å². The standard InChI is InChI=1S/C23H28N6O3/c1-14(2)21(30)28-9-17(20-26-24-13-27(20)3)23(10-28)11-29(12-23)22(31)19-7-15-5-6-16(32-4)8-18(15)25-19/h5-8,13-14,17,25H,9-12H2,1-4H3. The molecule has 0 aliphatic carbocycles. The average molecular weight is 437 g/mol. The fraction of sp³-hybridized carbons (Fsp3) is 0.478. The molecule has 2 aromatic heterocycles. The van der Waals surface area contributed by atoms with E-state index in [-0.39, 0.29) is 29.1 Å². The van der Waals surface area contributed by atoms with E-state index in [1.54, 1.807) is 13.4 Å². The van der Waals surface area contributed by atoms with Crippen LogP contribution >= 0.6 is 0 Å². The number of H-pyrrole nitrogens is 1. The molecule has 2 amide bonds. The first-order valence-corrected chi connectivity index (χ1v) is 10.9. The minimum absolute atomic E-state index is 0.0313. The smallest absolute Gasteiger partial charge is 0.270 e. The zero-order valence-electron chi connectivity index (χ0n) is 18.8. The number of benzene rings is 1. The summed E-state index contributed by atoms with van der Waals surface area (Å²) in [5, 5.41) is 9.36.